The van der Waals surface area contributed by atoms with Crippen LogP contribution >= 0.6 is 0 Å². The third-order valence-electron chi connectivity index (χ3n) is 4.96. The van der Waals surface area contributed by atoms with Gasteiger partial charge in [-0.25, -0.2) is 9.48 Å². The third-order valence-corrected chi connectivity index (χ3v) is 4.96. The number of amides is 1. The molecule has 1 aromatic carbocycles. The van der Waals surface area contributed by atoms with Crippen molar-refractivity contribution >= 4 is 11.9 Å². The first-order valence-corrected chi connectivity index (χ1v) is 8.97. The number of carboxylic acids is 1. The van der Waals surface area contributed by atoms with Crippen LogP contribution in [0.3, 0.4) is 0 Å². The third kappa shape index (κ3) is 4.71. The van der Waals surface area contributed by atoms with Crippen LogP contribution < -0.4 is 5.32 Å². The molecular weight excluding hydrogens is 375 g/mol. The molecule has 150 valence electrons. The number of halogens is 3. The van der Waals surface area contributed by atoms with Gasteiger partial charge in [0.25, 0.3) is 0 Å². The highest BCUT2D eigenvalue weighted by molar-refractivity contribution is 5.85. The van der Waals surface area contributed by atoms with Gasteiger partial charge in [0, 0.05) is 18.7 Å². The van der Waals surface area contributed by atoms with Gasteiger partial charge in [0.1, 0.15) is 0 Å². The van der Waals surface area contributed by atoms with Crippen molar-refractivity contribution in [2.24, 2.45) is 11.8 Å². The van der Waals surface area contributed by atoms with Crippen LogP contribution in [0, 0.1) is 11.8 Å². The minimum Gasteiger partial charge on any atom is -0.476 e. The lowest BCUT2D eigenvalue weighted by Gasteiger charge is -2.29. The van der Waals surface area contributed by atoms with Gasteiger partial charge in [0.2, 0.25) is 5.91 Å². The second kappa shape index (κ2) is 8.04. The molecule has 3 rings (SSSR count). The summed E-state index contributed by atoms with van der Waals surface area (Å²) < 4.78 is 40.1. The monoisotopic (exact) mass is 395 g/mol. The Morgan fingerprint density at radius 2 is 2.04 bits per heavy atom. The number of carbonyl (C=O) groups excluding carboxylic acids is 1. The first-order chi connectivity index (χ1) is 13.2. The van der Waals surface area contributed by atoms with Crippen LogP contribution in [0.4, 0.5) is 13.2 Å². The standard InChI is InChI=1S/C19H20F3N3O3/c20-19(21,22)14-5-2-4-13(10-14)17(26)23-11-12-3-1-6-15(9-12)25-8-7-16(24-25)18(27)28/h1,3,6-9,13-14H,2,4-5,10-11H2,(H,23,26)(H,27,28). The van der Waals surface area contributed by atoms with Crippen LogP contribution in [0.15, 0.2) is 36.5 Å². The van der Waals surface area contributed by atoms with E-state index in [1.165, 1.54) is 16.9 Å². The lowest BCUT2D eigenvalue weighted by molar-refractivity contribution is -0.186. The minimum atomic E-state index is -4.26. The van der Waals surface area contributed by atoms with Gasteiger partial charge < -0.3 is 10.4 Å². The van der Waals surface area contributed by atoms with E-state index < -0.39 is 24.0 Å². The fraction of sp³-hybridized carbons (Fsp3) is 0.421. The van der Waals surface area contributed by atoms with E-state index >= 15 is 0 Å². The van der Waals surface area contributed by atoms with E-state index in [1.54, 1.807) is 24.3 Å². The minimum absolute atomic E-state index is 0.0809. The van der Waals surface area contributed by atoms with Crippen molar-refractivity contribution in [1.82, 2.24) is 15.1 Å². The van der Waals surface area contributed by atoms with Crippen molar-refractivity contribution in [3.05, 3.63) is 47.8 Å². The van der Waals surface area contributed by atoms with Gasteiger partial charge in [0.15, 0.2) is 5.69 Å². The molecule has 1 heterocycles. The van der Waals surface area contributed by atoms with Gasteiger partial charge in [-0.15, -0.1) is 0 Å². The molecule has 6 nitrogen and oxygen atoms in total. The van der Waals surface area contributed by atoms with Gasteiger partial charge in [0.05, 0.1) is 11.6 Å². The van der Waals surface area contributed by atoms with Crippen LogP contribution in [0.5, 0.6) is 0 Å². The molecule has 1 aromatic heterocycles. The number of rotatable bonds is 5. The first-order valence-electron chi connectivity index (χ1n) is 8.97. The maximum atomic E-state index is 12.9. The van der Waals surface area contributed by atoms with Crippen molar-refractivity contribution in [3.63, 3.8) is 0 Å². The van der Waals surface area contributed by atoms with Gasteiger partial charge in [-0.1, -0.05) is 18.6 Å². The predicted molar refractivity (Wildman–Crippen MR) is 93.9 cm³/mol. The number of alkyl halides is 3. The van der Waals surface area contributed by atoms with E-state index in [-0.39, 0.29) is 31.0 Å². The number of aromatic nitrogens is 2. The molecule has 2 unspecified atom stereocenters. The summed E-state index contributed by atoms with van der Waals surface area (Å²) in [5, 5.41) is 15.6. The second-order valence-corrected chi connectivity index (χ2v) is 6.94. The van der Waals surface area contributed by atoms with E-state index in [0.717, 1.165) is 5.56 Å². The molecule has 1 aliphatic carbocycles. The summed E-state index contributed by atoms with van der Waals surface area (Å²) in [7, 11) is 0. The highest BCUT2D eigenvalue weighted by Gasteiger charge is 2.43. The van der Waals surface area contributed by atoms with Gasteiger partial charge >= 0.3 is 12.1 Å². The van der Waals surface area contributed by atoms with Gasteiger partial charge in [-0.05, 0) is 43.0 Å². The number of carbonyl (C=O) groups is 2. The molecule has 1 aliphatic rings. The Morgan fingerprint density at radius 1 is 1.25 bits per heavy atom. The summed E-state index contributed by atoms with van der Waals surface area (Å²) in [6, 6.07) is 8.35. The molecular formula is C19H20F3N3O3. The van der Waals surface area contributed by atoms with Crippen LogP contribution in [0.1, 0.15) is 41.7 Å². The van der Waals surface area contributed by atoms with Crippen LogP contribution in [0.25, 0.3) is 5.69 Å². The van der Waals surface area contributed by atoms with Gasteiger partial charge in [-0.3, -0.25) is 4.79 Å². The average Bonchev–Trinajstić information content (AvgIpc) is 3.16. The molecule has 9 heteroatoms. The molecule has 0 spiro atoms. The highest BCUT2D eigenvalue weighted by atomic mass is 19.4. The maximum absolute atomic E-state index is 12.9. The molecule has 1 fully saturated rings. The van der Waals surface area contributed by atoms with Crippen molar-refractivity contribution < 1.29 is 27.9 Å². The highest BCUT2D eigenvalue weighted by Crippen LogP contribution is 2.39. The van der Waals surface area contributed by atoms with Crippen molar-refractivity contribution in [3.8, 4) is 5.69 Å². The van der Waals surface area contributed by atoms with E-state index in [9.17, 15) is 22.8 Å². The largest absolute Gasteiger partial charge is 0.476 e. The van der Waals surface area contributed by atoms with E-state index in [1.807, 2.05) is 0 Å². The Hall–Kier alpha value is -2.84. The Labute approximate surface area is 159 Å². The lowest BCUT2D eigenvalue weighted by atomic mass is 9.80. The number of hydrogen-bond donors (Lipinski definition) is 2. The average molecular weight is 395 g/mol. The molecule has 0 bridgehead atoms. The lowest BCUT2D eigenvalue weighted by Crippen LogP contribution is -2.37. The molecule has 2 aromatic rings. The molecule has 2 N–H and O–H groups in total. The summed E-state index contributed by atoms with van der Waals surface area (Å²) in [5.74, 6) is -3.55. The van der Waals surface area contributed by atoms with Crippen molar-refractivity contribution in [2.45, 2.75) is 38.4 Å². The van der Waals surface area contributed by atoms with Gasteiger partial charge in [-0.2, -0.15) is 18.3 Å². The summed E-state index contributed by atoms with van der Waals surface area (Å²) in [4.78, 5) is 23.2. The number of carboxylic acid groups (broad SMARTS) is 1. The number of nitrogens with zero attached hydrogens (tertiary/aromatic N) is 2. The molecule has 1 saturated carbocycles. The van der Waals surface area contributed by atoms with Crippen LogP contribution in [-0.4, -0.2) is 32.9 Å². The zero-order valence-corrected chi connectivity index (χ0v) is 14.9. The van der Waals surface area contributed by atoms with Crippen molar-refractivity contribution in [1.29, 1.82) is 0 Å². The SMILES string of the molecule is O=C(O)c1ccn(-c2cccc(CNC(=O)C3CCCC(C(F)(F)F)C3)c2)n1. The van der Waals surface area contributed by atoms with Crippen molar-refractivity contribution in [2.75, 3.05) is 0 Å². The zero-order chi connectivity index (χ0) is 20.3. The fourth-order valence-corrected chi connectivity index (χ4v) is 3.45. The topological polar surface area (TPSA) is 84.2 Å². The number of nitrogens with one attached hydrogen (secondary N) is 1. The smallest absolute Gasteiger partial charge is 0.391 e. The van der Waals surface area contributed by atoms with E-state index in [0.29, 0.717) is 18.5 Å². The first kappa shape index (κ1) is 19.9. The summed E-state index contributed by atoms with van der Waals surface area (Å²) in [6.07, 6.45) is -1.98. The molecule has 1 amide bonds. The molecule has 0 radical (unpaired) electrons. The van der Waals surface area contributed by atoms with Crippen LogP contribution in [0.2, 0.25) is 0 Å². The molecule has 0 saturated heterocycles. The fourth-order valence-electron chi connectivity index (χ4n) is 3.45. The summed E-state index contributed by atoms with van der Waals surface area (Å²) in [6.45, 7) is 0.174. The molecule has 0 aliphatic heterocycles. The van der Waals surface area contributed by atoms with E-state index in [4.69, 9.17) is 5.11 Å². The van der Waals surface area contributed by atoms with Crippen LogP contribution in [-0.2, 0) is 11.3 Å². The summed E-state index contributed by atoms with van der Waals surface area (Å²) in [5.41, 5.74) is 1.27. The molecule has 2 atom stereocenters. The Morgan fingerprint density at radius 3 is 2.71 bits per heavy atom. The molecule has 28 heavy (non-hydrogen) atoms. The predicted octanol–water partition coefficient (Wildman–Crippen LogP) is 3.56. The number of benzene rings is 1. The Bertz CT molecular complexity index is 863. The quantitative estimate of drug-likeness (QED) is 0.811. The number of aromatic carboxylic acids is 1. The Balaban J connectivity index is 1.61. The maximum Gasteiger partial charge on any atom is 0.391 e. The Kier molecular flexibility index (Phi) is 5.71. The number of hydrogen-bond acceptors (Lipinski definition) is 3. The zero-order valence-electron chi connectivity index (χ0n) is 14.9. The van der Waals surface area contributed by atoms with E-state index in [2.05, 4.69) is 10.4 Å². The summed E-state index contributed by atoms with van der Waals surface area (Å²) >= 11 is 0. The normalized spacial score (nSPS) is 20.0. The second-order valence-electron chi connectivity index (χ2n) is 6.94.